The summed E-state index contributed by atoms with van der Waals surface area (Å²) in [5.74, 6) is -0.488. The number of alkyl halides is 2. The maximum atomic E-state index is 11.2. The van der Waals surface area contributed by atoms with E-state index in [4.69, 9.17) is 27.9 Å². The fourth-order valence-electron chi connectivity index (χ4n) is 1.24. The minimum atomic E-state index is -0.999. The first-order valence-electron chi connectivity index (χ1n) is 4.45. The average molecular weight is 235 g/mol. The average Bonchev–Trinajstić information content (AvgIpc) is 2.09. The third-order valence-electron chi connectivity index (χ3n) is 1.96. The van der Waals surface area contributed by atoms with Gasteiger partial charge in [0, 0.05) is 5.92 Å². The molecule has 0 aromatic heterocycles. The number of hydrogen-bond donors (Lipinski definition) is 0. The molecule has 0 spiro atoms. The molecule has 1 atom stereocenters. The number of halogens is 2. The number of carbonyl (C=O) groups excluding carboxylic acids is 1. The lowest BCUT2D eigenvalue weighted by atomic mass is 9.96. The zero-order valence-electron chi connectivity index (χ0n) is 7.87. The predicted molar refractivity (Wildman–Crippen MR) is 57.5 cm³/mol. The van der Waals surface area contributed by atoms with Gasteiger partial charge in [0.05, 0.1) is 13.0 Å². The van der Waals surface area contributed by atoms with E-state index in [0.29, 0.717) is 6.61 Å². The molecule has 2 nitrogen and oxygen atoms in total. The summed E-state index contributed by atoms with van der Waals surface area (Å²) in [7, 11) is 0. The van der Waals surface area contributed by atoms with Gasteiger partial charge < -0.3 is 4.74 Å². The van der Waals surface area contributed by atoms with Crippen LogP contribution in [0.25, 0.3) is 0 Å². The second kappa shape index (κ2) is 4.85. The molecule has 0 saturated carbocycles. The Morgan fingerprint density at radius 3 is 2.79 bits per heavy atom. The molecule has 1 unspecified atom stereocenters. The van der Waals surface area contributed by atoms with Gasteiger partial charge in [-0.25, -0.2) is 0 Å². The monoisotopic (exact) mass is 234 g/mol. The Balaban J connectivity index is 2.56. The third kappa shape index (κ3) is 3.03. The van der Waals surface area contributed by atoms with Crippen molar-refractivity contribution in [2.24, 2.45) is 5.92 Å². The van der Waals surface area contributed by atoms with Gasteiger partial charge >= 0.3 is 5.97 Å². The number of allylic oxidation sites excluding steroid dienone is 4. The number of ether oxygens (including phenoxy) is 1. The van der Waals surface area contributed by atoms with Crippen molar-refractivity contribution >= 4 is 29.2 Å². The molecule has 0 aromatic rings. The van der Waals surface area contributed by atoms with Crippen molar-refractivity contribution in [2.45, 2.75) is 17.7 Å². The Morgan fingerprint density at radius 1 is 1.50 bits per heavy atom. The second-order valence-corrected chi connectivity index (χ2v) is 4.48. The molecule has 0 N–H and O–H groups in total. The highest BCUT2D eigenvalue weighted by atomic mass is 35.5. The zero-order chi connectivity index (χ0) is 10.6. The number of hydrogen-bond acceptors (Lipinski definition) is 2. The standard InChI is InChI=1S/C10H12Cl2O2/c1-2-14-9(13)7-8-5-3-4-6-10(8,11)12/h3-6,8H,2,7H2,1H3. The van der Waals surface area contributed by atoms with Crippen molar-refractivity contribution in [3.05, 3.63) is 24.3 Å². The van der Waals surface area contributed by atoms with Crippen molar-refractivity contribution < 1.29 is 9.53 Å². The van der Waals surface area contributed by atoms with Gasteiger partial charge in [0.15, 0.2) is 0 Å². The maximum Gasteiger partial charge on any atom is 0.306 e. The van der Waals surface area contributed by atoms with E-state index in [1.165, 1.54) is 0 Å². The SMILES string of the molecule is CCOC(=O)CC1C=CC=CC1(Cl)Cl. The van der Waals surface area contributed by atoms with E-state index < -0.39 is 4.33 Å². The first kappa shape index (κ1) is 11.6. The molecule has 0 bridgehead atoms. The predicted octanol–water partition coefficient (Wildman–Crippen LogP) is 2.86. The highest BCUT2D eigenvalue weighted by molar-refractivity contribution is 6.50. The van der Waals surface area contributed by atoms with Crippen molar-refractivity contribution in [1.29, 1.82) is 0 Å². The van der Waals surface area contributed by atoms with Crippen LogP contribution in [-0.4, -0.2) is 16.9 Å². The summed E-state index contributed by atoms with van der Waals surface area (Å²) in [4.78, 5) is 11.2. The van der Waals surface area contributed by atoms with Crippen LogP contribution in [0.15, 0.2) is 24.3 Å². The highest BCUT2D eigenvalue weighted by Gasteiger charge is 2.33. The van der Waals surface area contributed by atoms with E-state index in [0.717, 1.165) is 0 Å². The largest absolute Gasteiger partial charge is 0.466 e. The summed E-state index contributed by atoms with van der Waals surface area (Å²) < 4.78 is 3.83. The summed E-state index contributed by atoms with van der Waals surface area (Å²) in [5.41, 5.74) is 0. The topological polar surface area (TPSA) is 26.3 Å². The van der Waals surface area contributed by atoms with Gasteiger partial charge in [0.1, 0.15) is 4.33 Å². The lowest BCUT2D eigenvalue weighted by molar-refractivity contribution is -0.143. The van der Waals surface area contributed by atoms with E-state index in [1.54, 1.807) is 19.1 Å². The molecular formula is C10H12Cl2O2. The molecule has 0 aromatic carbocycles. The van der Waals surface area contributed by atoms with Crippen LogP contribution >= 0.6 is 23.2 Å². The molecule has 1 rings (SSSR count). The molecule has 0 radical (unpaired) electrons. The zero-order valence-corrected chi connectivity index (χ0v) is 9.39. The van der Waals surface area contributed by atoms with Crippen LogP contribution in [0.2, 0.25) is 0 Å². The molecule has 1 aliphatic carbocycles. The van der Waals surface area contributed by atoms with Crippen LogP contribution in [0.3, 0.4) is 0 Å². The van der Waals surface area contributed by atoms with Crippen LogP contribution in [0.5, 0.6) is 0 Å². The Hall–Kier alpha value is -0.470. The van der Waals surface area contributed by atoms with Crippen molar-refractivity contribution in [1.82, 2.24) is 0 Å². The Morgan fingerprint density at radius 2 is 2.21 bits per heavy atom. The van der Waals surface area contributed by atoms with Crippen molar-refractivity contribution in [3.8, 4) is 0 Å². The molecule has 0 heterocycles. The Bertz CT molecular complexity index is 269. The van der Waals surface area contributed by atoms with E-state index in [1.807, 2.05) is 12.2 Å². The number of rotatable bonds is 3. The highest BCUT2D eigenvalue weighted by Crippen LogP contribution is 2.37. The van der Waals surface area contributed by atoms with E-state index >= 15 is 0 Å². The summed E-state index contributed by atoms with van der Waals surface area (Å²) in [6.07, 6.45) is 7.28. The van der Waals surface area contributed by atoms with E-state index in [-0.39, 0.29) is 18.3 Å². The minimum Gasteiger partial charge on any atom is -0.466 e. The Labute approximate surface area is 93.5 Å². The molecule has 0 aliphatic heterocycles. The summed E-state index contributed by atoms with van der Waals surface area (Å²) in [6.45, 7) is 2.14. The summed E-state index contributed by atoms with van der Waals surface area (Å²) >= 11 is 12.0. The minimum absolute atomic E-state index is 0.210. The van der Waals surface area contributed by atoms with Crippen molar-refractivity contribution in [2.75, 3.05) is 6.61 Å². The molecular weight excluding hydrogens is 223 g/mol. The lowest BCUT2D eigenvalue weighted by Crippen LogP contribution is -2.26. The summed E-state index contributed by atoms with van der Waals surface area (Å²) in [6, 6.07) is 0. The van der Waals surface area contributed by atoms with Gasteiger partial charge in [0.25, 0.3) is 0 Å². The quantitative estimate of drug-likeness (QED) is 0.555. The van der Waals surface area contributed by atoms with Crippen LogP contribution in [0.4, 0.5) is 0 Å². The smallest absolute Gasteiger partial charge is 0.306 e. The van der Waals surface area contributed by atoms with Gasteiger partial charge in [-0.2, -0.15) is 0 Å². The molecule has 4 heteroatoms. The number of esters is 1. The Kier molecular flexibility index (Phi) is 4.02. The van der Waals surface area contributed by atoms with E-state index in [2.05, 4.69) is 0 Å². The molecule has 78 valence electrons. The molecule has 0 fully saturated rings. The van der Waals surface area contributed by atoms with E-state index in [9.17, 15) is 4.79 Å². The van der Waals surface area contributed by atoms with Gasteiger partial charge in [-0.05, 0) is 13.0 Å². The fourth-order valence-corrected chi connectivity index (χ4v) is 1.68. The first-order chi connectivity index (χ1) is 6.56. The van der Waals surface area contributed by atoms with Gasteiger partial charge in [-0.1, -0.05) is 41.4 Å². The van der Waals surface area contributed by atoms with Gasteiger partial charge in [-0.3, -0.25) is 4.79 Å². The normalized spacial score (nSPS) is 23.5. The lowest BCUT2D eigenvalue weighted by Gasteiger charge is -2.25. The van der Waals surface area contributed by atoms with Gasteiger partial charge in [-0.15, -0.1) is 0 Å². The van der Waals surface area contributed by atoms with Crippen LogP contribution in [-0.2, 0) is 9.53 Å². The second-order valence-electron chi connectivity index (χ2n) is 3.03. The molecule has 0 amide bonds. The first-order valence-corrected chi connectivity index (χ1v) is 5.21. The third-order valence-corrected chi connectivity index (χ3v) is 2.77. The molecule has 14 heavy (non-hydrogen) atoms. The van der Waals surface area contributed by atoms with Crippen LogP contribution in [0.1, 0.15) is 13.3 Å². The molecule has 0 saturated heterocycles. The summed E-state index contributed by atoms with van der Waals surface area (Å²) in [5, 5.41) is 0. The van der Waals surface area contributed by atoms with Crippen molar-refractivity contribution in [3.63, 3.8) is 0 Å². The number of carbonyl (C=O) groups is 1. The van der Waals surface area contributed by atoms with Gasteiger partial charge in [0.2, 0.25) is 0 Å². The van der Waals surface area contributed by atoms with Crippen LogP contribution in [0, 0.1) is 5.92 Å². The maximum absolute atomic E-state index is 11.2. The van der Waals surface area contributed by atoms with Crippen LogP contribution < -0.4 is 0 Å². The molecule has 1 aliphatic rings. The fraction of sp³-hybridized carbons (Fsp3) is 0.500.